The highest BCUT2D eigenvalue weighted by atomic mass is 16.5. The summed E-state index contributed by atoms with van der Waals surface area (Å²) in [7, 11) is 0. The molecule has 2 rings (SSSR count). The van der Waals surface area contributed by atoms with E-state index in [1.54, 1.807) is 6.21 Å². The molecule has 0 saturated heterocycles. The molecule has 1 amide bonds. The Morgan fingerprint density at radius 2 is 1.72 bits per heavy atom. The van der Waals surface area contributed by atoms with Crippen molar-refractivity contribution >= 4 is 12.1 Å². The van der Waals surface area contributed by atoms with Gasteiger partial charge in [-0.3, -0.25) is 4.79 Å². The topological polar surface area (TPSA) is 50.7 Å². The first kappa shape index (κ1) is 18.7. The molecular weight excluding hydrogens is 312 g/mol. The van der Waals surface area contributed by atoms with Crippen LogP contribution in [-0.4, -0.2) is 18.7 Å². The summed E-state index contributed by atoms with van der Waals surface area (Å²) in [5, 5.41) is 3.95. The maximum atomic E-state index is 11.8. The number of benzene rings is 2. The molecule has 0 bridgehead atoms. The van der Waals surface area contributed by atoms with E-state index < -0.39 is 0 Å². The van der Waals surface area contributed by atoms with Crippen molar-refractivity contribution in [2.75, 3.05) is 6.61 Å². The molecule has 0 saturated carbocycles. The van der Waals surface area contributed by atoms with Crippen molar-refractivity contribution in [3.63, 3.8) is 0 Å². The molecule has 0 aliphatic rings. The first-order valence-corrected chi connectivity index (χ1v) is 8.52. The minimum absolute atomic E-state index is 0.0685. The van der Waals surface area contributed by atoms with Gasteiger partial charge in [-0.25, -0.2) is 5.43 Å². The highest BCUT2D eigenvalue weighted by Crippen LogP contribution is 2.24. The predicted octanol–water partition coefficient (Wildman–Crippen LogP) is 4.08. The Balaban J connectivity index is 1.79. The van der Waals surface area contributed by atoms with Gasteiger partial charge in [-0.05, 0) is 40.7 Å². The van der Waals surface area contributed by atoms with Crippen LogP contribution < -0.4 is 10.2 Å². The van der Waals surface area contributed by atoms with Gasteiger partial charge in [-0.15, -0.1) is 0 Å². The Bertz CT molecular complexity index is 711. The highest BCUT2D eigenvalue weighted by Gasteiger charge is 2.13. The first-order chi connectivity index (χ1) is 11.9. The van der Waals surface area contributed by atoms with Crippen LogP contribution in [0.4, 0.5) is 0 Å². The number of carbonyl (C=O) groups excluding carboxylic acids is 1. The zero-order valence-electron chi connectivity index (χ0n) is 15.4. The maximum Gasteiger partial charge on any atom is 0.277 e. The second-order valence-corrected chi connectivity index (χ2v) is 6.95. The Morgan fingerprint density at radius 3 is 2.28 bits per heavy atom. The molecule has 1 N–H and O–H groups in total. The molecule has 2 aromatic carbocycles. The van der Waals surface area contributed by atoms with E-state index >= 15 is 0 Å². The van der Waals surface area contributed by atoms with Crippen LogP contribution in [0.1, 0.15) is 44.4 Å². The third kappa shape index (κ3) is 6.07. The van der Waals surface area contributed by atoms with E-state index in [4.69, 9.17) is 4.74 Å². The number of ether oxygens (including phenoxy) is 1. The standard InChI is InChI=1S/C21H26N2O2/c1-5-16-6-8-17(9-7-16)14-22-23-20(24)15-25-19-12-10-18(11-13-19)21(2,3)4/h6-14H,5,15H2,1-4H3,(H,23,24). The maximum absolute atomic E-state index is 11.8. The molecule has 0 aliphatic heterocycles. The van der Waals surface area contributed by atoms with Crippen molar-refractivity contribution in [2.45, 2.75) is 39.5 Å². The summed E-state index contributed by atoms with van der Waals surface area (Å²) >= 11 is 0. The van der Waals surface area contributed by atoms with Crippen molar-refractivity contribution in [1.82, 2.24) is 5.43 Å². The number of amides is 1. The number of hydrogen-bond donors (Lipinski definition) is 1. The van der Waals surface area contributed by atoms with Crippen LogP contribution in [0.25, 0.3) is 0 Å². The zero-order chi connectivity index (χ0) is 18.3. The second kappa shape index (κ2) is 8.47. The summed E-state index contributed by atoms with van der Waals surface area (Å²) in [4.78, 5) is 11.8. The van der Waals surface area contributed by atoms with Gasteiger partial charge in [-0.1, -0.05) is 64.1 Å². The molecule has 4 nitrogen and oxygen atoms in total. The zero-order valence-corrected chi connectivity index (χ0v) is 15.4. The largest absolute Gasteiger partial charge is 0.484 e. The van der Waals surface area contributed by atoms with Crippen molar-refractivity contribution in [2.24, 2.45) is 5.10 Å². The van der Waals surface area contributed by atoms with Gasteiger partial charge >= 0.3 is 0 Å². The number of nitrogens with one attached hydrogen (secondary N) is 1. The van der Waals surface area contributed by atoms with Crippen LogP contribution in [0, 0.1) is 0 Å². The Kier molecular flexibility index (Phi) is 6.34. The van der Waals surface area contributed by atoms with Crippen LogP contribution in [0.2, 0.25) is 0 Å². The van der Waals surface area contributed by atoms with Crippen molar-refractivity contribution in [1.29, 1.82) is 0 Å². The van der Waals surface area contributed by atoms with E-state index in [0.717, 1.165) is 12.0 Å². The predicted molar refractivity (Wildman–Crippen MR) is 102 cm³/mol. The lowest BCUT2D eigenvalue weighted by atomic mass is 9.87. The van der Waals surface area contributed by atoms with Crippen molar-refractivity contribution in [3.05, 3.63) is 65.2 Å². The summed E-state index contributed by atoms with van der Waals surface area (Å²) in [6.07, 6.45) is 2.62. The smallest absolute Gasteiger partial charge is 0.277 e. The normalized spacial score (nSPS) is 11.5. The van der Waals surface area contributed by atoms with E-state index in [2.05, 4.69) is 38.2 Å². The van der Waals surface area contributed by atoms with Crippen LogP contribution in [-0.2, 0) is 16.6 Å². The molecule has 2 aromatic rings. The molecule has 0 spiro atoms. The first-order valence-electron chi connectivity index (χ1n) is 8.52. The lowest BCUT2D eigenvalue weighted by Gasteiger charge is -2.19. The van der Waals surface area contributed by atoms with Crippen LogP contribution in [0.3, 0.4) is 0 Å². The summed E-state index contributed by atoms with van der Waals surface area (Å²) in [5.41, 5.74) is 6.00. The third-order valence-corrected chi connectivity index (χ3v) is 3.88. The average molecular weight is 338 g/mol. The van der Waals surface area contributed by atoms with Crippen LogP contribution >= 0.6 is 0 Å². The minimum Gasteiger partial charge on any atom is -0.484 e. The van der Waals surface area contributed by atoms with Crippen LogP contribution in [0.5, 0.6) is 5.75 Å². The lowest BCUT2D eigenvalue weighted by molar-refractivity contribution is -0.123. The summed E-state index contributed by atoms with van der Waals surface area (Å²) in [6, 6.07) is 15.8. The number of hydrazone groups is 1. The van der Waals surface area contributed by atoms with E-state index in [1.807, 2.05) is 48.5 Å². The summed E-state index contributed by atoms with van der Waals surface area (Å²) in [5.74, 6) is 0.378. The van der Waals surface area contributed by atoms with Gasteiger partial charge in [0.1, 0.15) is 5.75 Å². The van der Waals surface area contributed by atoms with Crippen LogP contribution in [0.15, 0.2) is 53.6 Å². The molecule has 0 heterocycles. The Morgan fingerprint density at radius 1 is 1.08 bits per heavy atom. The number of rotatable bonds is 6. The Labute approximate surface area is 149 Å². The molecule has 4 heteroatoms. The second-order valence-electron chi connectivity index (χ2n) is 6.95. The Hall–Kier alpha value is -2.62. The SMILES string of the molecule is CCc1ccc(C=NNC(=O)COc2ccc(C(C)(C)C)cc2)cc1. The number of carbonyl (C=O) groups is 1. The number of nitrogens with zero attached hydrogens (tertiary/aromatic N) is 1. The van der Waals surface area contributed by atoms with Crippen molar-refractivity contribution < 1.29 is 9.53 Å². The molecular formula is C21H26N2O2. The lowest BCUT2D eigenvalue weighted by Crippen LogP contribution is -2.24. The molecule has 0 unspecified atom stereocenters. The summed E-state index contributed by atoms with van der Waals surface area (Å²) in [6.45, 7) is 8.51. The van der Waals surface area contributed by atoms with Gasteiger partial charge in [0.15, 0.2) is 6.61 Å². The van der Waals surface area contributed by atoms with Gasteiger partial charge in [0.25, 0.3) is 5.91 Å². The van der Waals surface area contributed by atoms with E-state index in [-0.39, 0.29) is 17.9 Å². The fourth-order valence-corrected chi connectivity index (χ4v) is 2.25. The average Bonchev–Trinajstić information content (AvgIpc) is 2.60. The fraction of sp³-hybridized carbons (Fsp3) is 0.333. The monoisotopic (exact) mass is 338 g/mol. The van der Waals surface area contributed by atoms with Gasteiger partial charge in [0, 0.05) is 0 Å². The number of hydrogen-bond acceptors (Lipinski definition) is 3. The third-order valence-electron chi connectivity index (χ3n) is 3.88. The fourth-order valence-electron chi connectivity index (χ4n) is 2.25. The van der Waals surface area contributed by atoms with Crippen molar-refractivity contribution in [3.8, 4) is 5.75 Å². The molecule has 132 valence electrons. The summed E-state index contributed by atoms with van der Waals surface area (Å²) < 4.78 is 5.48. The van der Waals surface area contributed by atoms with Gasteiger partial charge in [0.2, 0.25) is 0 Å². The van der Waals surface area contributed by atoms with E-state index in [9.17, 15) is 4.79 Å². The quantitative estimate of drug-likeness (QED) is 0.637. The molecule has 0 aliphatic carbocycles. The number of aryl methyl sites for hydroxylation is 1. The van der Waals surface area contributed by atoms with Gasteiger partial charge < -0.3 is 4.74 Å². The molecule has 0 aromatic heterocycles. The highest BCUT2D eigenvalue weighted by molar-refractivity contribution is 5.82. The van der Waals surface area contributed by atoms with E-state index in [1.165, 1.54) is 11.1 Å². The molecule has 25 heavy (non-hydrogen) atoms. The minimum atomic E-state index is -0.290. The van der Waals surface area contributed by atoms with E-state index in [0.29, 0.717) is 5.75 Å². The van der Waals surface area contributed by atoms with Gasteiger partial charge in [0.05, 0.1) is 6.21 Å². The molecule has 0 atom stereocenters. The molecule has 0 fully saturated rings. The molecule has 0 radical (unpaired) electrons. The van der Waals surface area contributed by atoms with Gasteiger partial charge in [-0.2, -0.15) is 5.10 Å².